The molecular formula is C32H23N9O11S2. The molecule has 0 aliphatic carbocycles. The first-order chi connectivity index (χ1) is 25.5. The number of hydrogen-bond donors (Lipinski definition) is 6. The third kappa shape index (κ3) is 7.47. The largest absolute Gasteiger partial charge is 0.505 e. The fraction of sp³-hybridized carbons (Fsp3) is 0.0312. The lowest BCUT2D eigenvalue weighted by Crippen LogP contribution is -2.32. The fourth-order valence-corrected chi connectivity index (χ4v) is 6.28. The van der Waals surface area contributed by atoms with E-state index in [0.717, 1.165) is 35.3 Å². The number of hydrogen-bond acceptors (Lipinski definition) is 16. The average Bonchev–Trinajstić information content (AvgIpc) is 3.46. The number of rotatable bonds is 10. The molecule has 1 aliphatic heterocycles. The molecule has 7 N–H and O–H groups in total. The summed E-state index contributed by atoms with van der Waals surface area (Å²) < 4.78 is 68.8. The molecule has 54 heavy (non-hydrogen) atoms. The maximum absolute atomic E-state index is 13.0. The molecule has 1 aliphatic rings. The van der Waals surface area contributed by atoms with Crippen LogP contribution in [-0.4, -0.2) is 64.9 Å². The summed E-state index contributed by atoms with van der Waals surface area (Å²) in [5.74, 6) is -4.11. The first-order valence-electron chi connectivity index (χ1n) is 14.9. The number of aromatic hydroxyl groups is 2. The van der Waals surface area contributed by atoms with E-state index in [4.69, 9.17) is 5.73 Å². The van der Waals surface area contributed by atoms with Crippen molar-refractivity contribution in [3.63, 3.8) is 0 Å². The molecule has 0 fully saturated rings. The van der Waals surface area contributed by atoms with Crippen LogP contribution < -0.4 is 10.7 Å². The quantitative estimate of drug-likeness (QED) is 0.0533. The Morgan fingerprint density at radius 2 is 1.35 bits per heavy atom. The summed E-state index contributed by atoms with van der Waals surface area (Å²) in [6.45, 7) is 0. The highest BCUT2D eigenvalue weighted by molar-refractivity contribution is 7.86. The summed E-state index contributed by atoms with van der Waals surface area (Å²) in [6, 6.07) is 18.3. The Hall–Kier alpha value is -7.01. The lowest BCUT2D eigenvalue weighted by Gasteiger charge is -2.11. The van der Waals surface area contributed by atoms with E-state index < -0.39 is 81.9 Å². The SMILES string of the molecule is Nc1ccc(N=Nc2c(S(=O)(=O)O)cc3ccc(N=Nc4ccc(N=NC5C(=O)N(c6ccccc6)N=C5C(=O)O)cc4S(=O)(=O)O)c(O)c3c2O)cc1. The van der Waals surface area contributed by atoms with Crippen molar-refractivity contribution < 1.29 is 50.8 Å². The van der Waals surface area contributed by atoms with Crippen LogP contribution in [0.2, 0.25) is 0 Å². The van der Waals surface area contributed by atoms with Gasteiger partial charge in [0.2, 0.25) is 6.04 Å². The van der Waals surface area contributed by atoms with Gasteiger partial charge in [0.1, 0.15) is 26.9 Å². The fourth-order valence-electron chi connectivity index (χ4n) is 4.98. The summed E-state index contributed by atoms with van der Waals surface area (Å²) in [4.78, 5) is 23.1. The Labute approximate surface area is 303 Å². The molecule has 5 aromatic rings. The summed E-state index contributed by atoms with van der Waals surface area (Å²) in [6.07, 6.45) is 0. The number of para-hydroxylation sites is 1. The lowest BCUT2D eigenvalue weighted by atomic mass is 10.1. The summed E-state index contributed by atoms with van der Waals surface area (Å²) in [7, 11) is -10.0. The minimum Gasteiger partial charge on any atom is -0.505 e. The number of nitrogen functional groups attached to an aromatic ring is 1. The van der Waals surface area contributed by atoms with Gasteiger partial charge in [-0.05, 0) is 72.1 Å². The van der Waals surface area contributed by atoms with Gasteiger partial charge in [-0.25, -0.2) is 4.79 Å². The van der Waals surface area contributed by atoms with Crippen molar-refractivity contribution in [2.75, 3.05) is 10.7 Å². The third-order valence-electron chi connectivity index (χ3n) is 7.51. The topological polar surface area (TPSA) is 319 Å². The Morgan fingerprint density at radius 1 is 0.722 bits per heavy atom. The highest BCUT2D eigenvalue weighted by atomic mass is 32.2. The van der Waals surface area contributed by atoms with Crippen LogP contribution in [0, 0.1) is 0 Å². The maximum Gasteiger partial charge on any atom is 0.355 e. The summed E-state index contributed by atoms with van der Waals surface area (Å²) >= 11 is 0. The smallest absolute Gasteiger partial charge is 0.355 e. The molecule has 1 heterocycles. The van der Waals surface area contributed by atoms with Gasteiger partial charge >= 0.3 is 5.97 Å². The van der Waals surface area contributed by atoms with Gasteiger partial charge in [-0.2, -0.15) is 42.3 Å². The molecule has 22 heteroatoms. The number of carbonyl (C=O) groups excluding carboxylic acids is 1. The molecule has 0 saturated heterocycles. The van der Waals surface area contributed by atoms with E-state index in [1.807, 2.05) is 0 Å². The van der Waals surface area contributed by atoms with Crippen LogP contribution in [0.25, 0.3) is 10.8 Å². The molecule has 1 unspecified atom stereocenters. The zero-order valence-corrected chi connectivity index (χ0v) is 28.5. The molecule has 0 aromatic heterocycles. The first-order valence-corrected chi connectivity index (χ1v) is 17.8. The number of nitrogens with zero attached hydrogens (tertiary/aromatic N) is 8. The number of benzene rings is 5. The van der Waals surface area contributed by atoms with E-state index >= 15 is 0 Å². The lowest BCUT2D eigenvalue weighted by molar-refractivity contribution is -0.130. The van der Waals surface area contributed by atoms with Gasteiger partial charge in [-0.1, -0.05) is 24.3 Å². The number of fused-ring (bicyclic) bond motifs is 1. The highest BCUT2D eigenvalue weighted by Gasteiger charge is 2.41. The van der Waals surface area contributed by atoms with Crippen LogP contribution in [-0.2, 0) is 29.8 Å². The first kappa shape index (κ1) is 36.8. The van der Waals surface area contributed by atoms with Crippen molar-refractivity contribution >= 4 is 88.4 Å². The zero-order chi connectivity index (χ0) is 38.9. The van der Waals surface area contributed by atoms with Gasteiger partial charge in [0.15, 0.2) is 17.2 Å². The number of azo groups is 3. The molecule has 6 rings (SSSR count). The van der Waals surface area contributed by atoms with Crippen molar-refractivity contribution in [3.05, 3.63) is 91.0 Å². The second-order valence-electron chi connectivity index (χ2n) is 11.1. The van der Waals surface area contributed by atoms with Gasteiger partial charge in [-0.3, -0.25) is 13.9 Å². The predicted molar refractivity (Wildman–Crippen MR) is 190 cm³/mol. The van der Waals surface area contributed by atoms with Crippen LogP contribution in [0.5, 0.6) is 11.5 Å². The molecule has 274 valence electrons. The number of aliphatic carboxylic acids is 1. The molecule has 0 spiro atoms. The van der Waals surface area contributed by atoms with E-state index in [2.05, 4.69) is 35.8 Å². The predicted octanol–water partition coefficient (Wildman–Crippen LogP) is 6.10. The van der Waals surface area contributed by atoms with E-state index in [9.17, 15) is 50.8 Å². The minimum atomic E-state index is -5.05. The van der Waals surface area contributed by atoms with Gasteiger partial charge in [0.25, 0.3) is 26.1 Å². The standard InChI is InChI=1S/C32H23N9O11S2/c33-17-7-9-18(10-8-17)34-38-26-24(54(50,51)52)14-16-6-12-22(29(42)25(16)30(26)43)37-36-21-13-11-19(15-23(21)53(47,48)49)35-39-27-28(32(45)46)40-41(31(27)44)20-4-2-1-3-5-20/h1-15,27,42-43H,33H2,(H,45,46)(H,47,48,49)(H,50,51,52). The minimum absolute atomic E-state index is 0.0971. The van der Waals surface area contributed by atoms with Crippen LogP contribution in [0.3, 0.4) is 0 Å². The molecule has 20 nitrogen and oxygen atoms in total. The number of phenolic OH excluding ortho intramolecular Hbond substituents is 2. The number of amides is 1. The van der Waals surface area contributed by atoms with Crippen LogP contribution in [0.1, 0.15) is 0 Å². The number of anilines is 2. The van der Waals surface area contributed by atoms with Crippen molar-refractivity contribution in [3.8, 4) is 11.5 Å². The Morgan fingerprint density at radius 3 is 2.00 bits per heavy atom. The van der Waals surface area contributed by atoms with Crippen molar-refractivity contribution in [2.45, 2.75) is 15.8 Å². The number of hydrazone groups is 1. The molecule has 0 saturated carbocycles. The molecule has 0 radical (unpaired) electrons. The number of phenols is 2. The number of carbonyl (C=O) groups is 2. The second-order valence-corrected chi connectivity index (χ2v) is 13.9. The number of carboxylic acids is 1. The maximum atomic E-state index is 13.0. The van der Waals surface area contributed by atoms with E-state index in [-0.39, 0.29) is 28.1 Å². The van der Waals surface area contributed by atoms with Gasteiger partial charge in [-0.15, -0.1) is 15.3 Å². The van der Waals surface area contributed by atoms with E-state index in [0.29, 0.717) is 5.69 Å². The Kier molecular flexibility index (Phi) is 9.66. The molecule has 0 bridgehead atoms. The normalized spacial score (nSPS) is 15.2. The Bertz CT molecular complexity index is 2700. The van der Waals surface area contributed by atoms with Crippen molar-refractivity contribution in [1.82, 2.24) is 0 Å². The molecule has 1 atom stereocenters. The van der Waals surface area contributed by atoms with E-state index in [1.165, 1.54) is 42.5 Å². The van der Waals surface area contributed by atoms with Crippen LogP contribution >= 0.6 is 0 Å². The molecule has 5 aromatic carbocycles. The molecule has 1 amide bonds. The second kappa shape index (κ2) is 14.2. The number of carboxylic acid groups (broad SMARTS) is 1. The van der Waals surface area contributed by atoms with Crippen molar-refractivity contribution in [2.24, 2.45) is 35.8 Å². The highest BCUT2D eigenvalue weighted by Crippen LogP contribution is 2.48. The van der Waals surface area contributed by atoms with E-state index in [1.54, 1.807) is 18.2 Å². The summed E-state index contributed by atoms with van der Waals surface area (Å²) in [5, 5.41) is 58.7. The zero-order valence-electron chi connectivity index (χ0n) is 26.9. The van der Waals surface area contributed by atoms with Gasteiger partial charge in [0, 0.05) is 5.69 Å². The number of nitrogens with two attached hydrogens (primary N) is 1. The van der Waals surface area contributed by atoms with Crippen LogP contribution in [0.4, 0.5) is 39.8 Å². The van der Waals surface area contributed by atoms with Crippen LogP contribution in [0.15, 0.2) is 137 Å². The van der Waals surface area contributed by atoms with Gasteiger partial charge in [0.05, 0.1) is 22.4 Å². The third-order valence-corrected chi connectivity index (χ3v) is 9.26. The monoisotopic (exact) mass is 773 g/mol. The van der Waals surface area contributed by atoms with Gasteiger partial charge < -0.3 is 21.1 Å². The van der Waals surface area contributed by atoms with Crippen molar-refractivity contribution in [1.29, 1.82) is 0 Å². The Balaban J connectivity index is 1.34. The average molecular weight is 774 g/mol. The summed E-state index contributed by atoms with van der Waals surface area (Å²) in [5.41, 5.74) is 3.99. The molecular weight excluding hydrogens is 751 g/mol.